The lowest BCUT2D eigenvalue weighted by Gasteiger charge is -2.05. The first kappa shape index (κ1) is 9.46. The van der Waals surface area contributed by atoms with Gasteiger partial charge in [0.2, 0.25) is 5.95 Å². The molecular weight excluding hydrogens is 190 g/mol. The van der Waals surface area contributed by atoms with Gasteiger partial charge < -0.3 is 5.73 Å². The Morgan fingerprint density at radius 2 is 2.46 bits per heavy atom. The molecule has 1 rings (SSSR count). The maximum atomic E-state index is 10.9. The summed E-state index contributed by atoms with van der Waals surface area (Å²) in [5, 5.41) is 0.0733. The first-order valence-electron chi connectivity index (χ1n) is 3.47. The van der Waals surface area contributed by atoms with Crippen LogP contribution in [0.3, 0.4) is 0 Å². The van der Waals surface area contributed by atoms with Crippen LogP contribution in [-0.4, -0.2) is 15.1 Å². The highest BCUT2D eigenvalue weighted by Gasteiger charge is 1.95. The number of aromatic amines is 1. The van der Waals surface area contributed by atoms with E-state index in [1.807, 2.05) is 0 Å². The number of nitrogens with zero attached hydrogens (tertiary/aromatic N) is 1. The Balaban J connectivity index is 2.77. The number of aryl methyl sites for hydroxylation is 1. The molecule has 13 heavy (non-hydrogen) atoms. The van der Waals surface area contributed by atoms with Gasteiger partial charge in [-0.3, -0.25) is 20.6 Å². The van der Waals surface area contributed by atoms with Crippen molar-refractivity contribution in [3.8, 4) is 0 Å². The number of rotatable bonds is 2. The third-order valence-electron chi connectivity index (χ3n) is 1.17. The fourth-order valence-corrected chi connectivity index (χ4v) is 0.810. The van der Waals surface area contributed by atoms with E-state index < -0.39 is 0 Å². The molecule has 0 aromatic carbocycles. The van der Waals surface area contributed by atoms with E-state index in [9.17, 15) is 4.79 Å². The lowest BCUT2D eigenvalue weighted by molar-refractivity contribution is 0.992. The van der Waals surface area contributed by atoms with Crippen molar-refractivity contribution in [2.75, 3.05) is 5.43 Å². The van der Waals surface area contributed by atoms with Gasteiger partial charge in [0.05, 0.1) is 0 Å². The van der Waals surface area contributed by atoms with E-state index in [1.165, 1.54) is 6.07 Å². The van der Waals surface area contributed by atoms with Crippen molar-refractivity contribution in [3.63, 3.8) is 0 Å². The number of thiocarbonyl (C=S) groups is 1. The van der Waals surface area contributed by atoms with E-state index in [0.717, 1.165) is 0 Å². The van der Waals surface area contributed by atoms with Crippen molar-refractivity contribution in [3.05, 3.63) is 22.1 Å². The van der Waals surface area contributed by atoms with Crippen molar-refractivity contribution >= 4 is 23.3 Å². The molecule has 1 aromatic heterocycles. The van der Waals surface area contributed by atoms with Gasteiger partial charge in [-0.1, -0.05) is 0 Å². The molecule has 1 aromatic rings. The van der Waals surface area contributed by atoms with Gasteiger partial charge in [-0.2, -0.15) is 0 Å². The Hall–Kier alpha value is -1.63. The molecule has 0 unspecified atom stereocenters. The number of hydrazine groups is 1. The lowest BCUT2D eigenvalue weighted by Crippen LogP contribution is -2.35. The summed E-state index contributed by atoms with van der Waals surface area (Å²) in [7, 11) is 0. The first-order valence-corrected chi connectivity index (χ1v) is 3.88. The number of nitrogens with two attached hydrogens (primary N) is 1. The standard InChI is InChI=1S/C6H9N5OS/c1-3-2-4(12)9-6(8-3)11-10-5(7)13/h2H,1H3,(H3,7,10,13)(H2,8,9,11,12). The summed E-state index contributed by atoms with van der Waals surface area (Å²) in [5.74, 6) is 0.276. The maximum Gasteiger partial charge on any atom is 0.252 e. The van der Waals surface area contributed by atoms with Crippen LogP contribution in [0.1, 0.15) is 5.69 Å². The smallest absolute Gasteiger partial charge is 0.252 e. The van der Waals surface area contributed by atoms with E-state index >= 15 is 0 Å². The minimum Gasteiger partial charge on any atom is -0.375 e. The summed E-state index contributed by atoms with van der Waals surface area (Å²) in [6, 6.07) is 1.38. The molecule has 0 spiro atoms. The van der Waals surface area contributed by atoms with Crippen molar-refractivity contribution in [2.24, 2.45) is 5.73 Å². The molecule has 7 heteroatoms. The Kier molecular flexibility index (Phi) is 2.80. The Morgan fingerprint density at radius 1 is 1.77 bits per heavy atom. The second-order valence-corrected chi connectivity index (χ2v) is 2.79. The molecule has 0 amide bonds. The quantitative estimate of drug-likeness (QED) is 0.369. The Bertz CT molecular complexity index is 374. The van der Waals surface area contributed by atoms with Gasteiger partial charge >= 0.3 is 0 Å². The molecule has 70 valence electrons. The summed E-state index contributed by atoms with van der Waals surface area (Å²) < 4.78 is 0. The van der Waals surface area contributed by atoms with Gasteiger partial charge in [0.1, 0.15) is 0 Å². The molecule has 0 aliphatic heterocycles. The summed E-state index contributed by atoms with van der Waals surface area (Å²) in [4.78, 5) is 17.3. The highest BCUT2D eigenvalue weighted by Crippen LogP contribution is 1.92. The predicted octanol–water partition coefficient (Wildman–Crippen LogP) is -0.762. The van der Waals surface area contributed by atoms with Crippen LogP contribution >= 0.6 is 12.2 Å². The van der Waals surface area contributed by atoms with Gasteiger partial charge in [0.15, 0.2) is 5.11 Å². The van der Waals surface area contributed by atoms with Crippen molar-refractivity contribution in [1.82, 2.24) is 15.4 Å². The predicted molar refractivity (Wildman–Crippen MR) is 53.1 cm³/mol. The summed E-state index contributed by atoms with van der Waals surface area (Å²) in [5.41, 5.74) is 10.5. The topological polar surface area (TPSA) is 95.8 Å². The molecule has 0 fully saturated rings. The maximum absolute atomic E-state index is 10.9. The van der Waals surface area contributed by atoms with Crippen LogP contribution in [0.4, 0.5) is 5.95 Å². The molecule has 0 saturated heterocycles. The highest BCUT2D eigenvalue weighted by atomic mass is 32.1. The van der Waals surface area contributed by atoms with Gasteiger partial charge in [-0.05, 0) is 19.1 Å². The van der Waals surface area contributed by atoms with Crippen molar-refractivity contribution in [1.29, 1.82) is 0 Å². The Morgan fingerprint density at radius 3 is 3.00 bits per heavy atom. The van der Waals surface area contributed by atoms with E-state index in [2.05, 4.69) is 33.0 Å². The number of hydrogen-bond acceptors (Lipinski definition) is 4. The van der Waals surface area contributed by atoms with Crippen LogP contribution in [-0.2, 0) is 0 Å². The van der Waals surface area contributed by atoms with Gasteiger partial charge in [-0.25, -0.2) is 4.98 Å². The third-order valence-corrected chi connectivity index (χ3v) is 1.28. The molecule has 0 atom stereocenters. The molecule has 0 radical (unpaired) electrons. The summed E-state index contributed by atoms with van der Waals surface area (Å²) in [6.07, 6.45) is 0. The van der Waals surface area contributed by atoms with Crippen LogP contribution in [0.2, 0.25) is 0 Å². The zero-order valence-corrected chi connectivity index (χ0v) is 7.73. The number of hydrogen-bond donors (Lipinski definition) is 4. The van der Waals surface area contributed by atoms with E-state index in [0.29, 0.717) is 5.69 Å². The van der Waals surface area contributed by atoms with Gasteiger partial charge in [0, 0.05) is 11.8 Å². The molecule has 0 aliphatic carbocycles. The average Bonchev–Trinajstić information content (AvgIpc) is 1.99. The molecule has 0 bridgehead atoms. The average molecular weight is 199 g/mol. The number of anilines is 1. The van der Waals surface area contributed by atoms with Crippen molar-refractivity contribution < 1.29 is 0 Å². The normalized spacial score (nSPS) is 9.31. The monoisotopic (exact) mass is 199 g/mol. The van der Waals surface area contributed by atoms with Crippen LogP contribution < -0.4 is 22.1 Å². The van der Waals surface area contributed by atoms with Crippen LogP contribution in [0.15, 0.2) is 10.9 Å². The summed E-state index contributed by atoms with van der Waals surface area (Å²) in [6.45, 7) is 1.71. The fraction of sp³-hybridized carbons (Fsp3) is 0.167. The molecule has 1 heterocycles. The van der Waals surface area contributed by atoms with E-state index in [4.69, 9.17) is 5.73 Å². The van der Waals surface area contributed by atoms with E-state index in [1.54, 1.807) is 6.92 Å². The zero-order chi connectivity index (χ0) is 9.84. The first-order chi connectivity index (χ1) is 6.08. The van der Waals surface area contributed by atoms with Gasteiger partial charge in [-0.15, -0.1) is 0 Å². The van der Waals surface area contributed by atoms with Crippen molar-refractivity contribution in [2.45, 2.75) is 6.92 Å². The second kappa shape index (κ2) is 3.85. The molecule has 5 N–H and O–H groups in total. The minimum absolute atomic E-state index is 0.0733. The highest BCUT2D eigenvalue weighted by molar-refractivity contribution is 7.80. The summed E-state index contributed by atoms with van der Waals surface area (Å²) >= 11 is 4.54. The van der Waals surface area contributed by atoms with Crippen LogP contribution in [0, 0.1) is 6.92 Å². The number of H-pyrrole nitrogens is 1. The van der Waals surface area contributed by atoms with Crippen LogP contribution in [0.5, 0.6) is 0 Å². The molecule has 0 aliphatic rings. The minimum atomic E-state index is -0.236. The van der Waals surface area contributed by atoms with Gasteiger partial charge in [0.25, 0.3) is 5.56 Å². The Labute approximate surface area is 79.5 Å². The van der Waals surface area contributed by atoms with E-state index in [-0.39, 0.29) is 16.6 Å². The van der Waals surface area contributed by atoms with Crippen LogP contribution in [0.25, 0.3) is 0 Å². The molecule has 0 saturated carbocycles. The SMILES string of the molecule is Cc1cc(=O)[nH]c(NNC(N)=S)n1. The molecule has 6 nitrogen and oxygen atoms in total. The third kappa shape index (κ3) is 3.08. The molecular formula is C6H9N5OS. The zero-order valence-electron chi connectivity index (χ0n) is 6.92. The fourth-order valence-electron chi connectivity index (χ4n) is 0.759. The lowest BCUT2D eigenvalue weighted by atomic mass is 10.5. The second-order valence-electron chi connectivity index (χ2n) is 2.35. The largest absolute Gasteiger partial charge is 0.375 e. The number of aromatic nitrogens is 2. The number of nitrogens with one attached hydrogen (secondary N) is 3.